The molecule has 1 heterocycles. The van der Waals surface area contributed by atoms with Crippen LogP contribution in [0.3, 0.4) is 0 Å². The van der Waals surface area contributed by atoms with Crippen molar-refractivity contribution in [1.29, 1.82) is 0 Å². The number of thioether (sulfide) groups is 1. The number of rotatable bonds is 8. The Morgan fingerprint density at radius 3 is 2.36 bits per heavy atom. The second-order valence-corrected chi connectivity index (χ2v) is 7.71. The molecule has 0 aliphatic carbocycles. The Labute approximate surface area is 174 Å². The number of carbonyl (C=O) groups is 1. The lowest BCUT2D eigenvalue weighted by atomic mass is 10.2. The van der Waals surface area contributed by atoms with Crippen molar-refractivity contribution in [2.24, 2.45) is 0 Å². The van der Waals surface area contributed by atoms with Crippen LogP contribution in [0.4, 0.5) is 0 Å². The normalized spacial score (nSPS) is 15.2. The van der Waals surface area contributed by atoms with Crippen LogP contribution < -0.4 is 14.2 Å². The van der Waals surface area contributed by atoms with E-state index in [1.165, 1.54) is 16.7 Å². The van der Waals surface area contributed by atoms with Gasteiger partial charge in [-0.1, -0.05) is 36.1 Å². The van der Waals surface area contributed by atoms with E-state index in [-0.39, 0.29) is 5.91 Å². The number of hydrogen-bond acceptors (Lipinski definition) is 6. The number of amides is 1. The van der Waals surface area contributed by atoms with Gasteiger partial charge in [0.2, 0.25) is 0 Å². The van der Waals surface area contributed by atoms with Gasteiger partial charge in [0.25, 0.3) is 5.91 Å². The second kappa shape index (κ2) is 9.61. The first kappa shape index (κ1) is 20.2. The maximum absolute atomic E-state index is 12.1. The van der Waals surface area contributed by atoms with Crippen LogP contribution in [0.5, 0.6) is 17.2 Å². The van der Waals surface area contributed by atoms with Gasteiger partial charge in [-0.2, -0.15) is 0 Å². The summed E-state index contributed by atoms with van der Waals surface area (Å²) in [5, 5.41) is 0. The number of carbonyl (C=O) groups excluding carboxylic acids is 1. The first-order valence-corrected chi connectivity index (χ1v) is 10.0. The van der Waals surface area contributed by atoms with Crippen molar-refractivity contribution in [3.63, 3.8) is 0 Å². The van der Waals surface area contributed by atoms with E-state index in [4.69, 9.17) is 26.4 Å². The number of methoxy groups -OCH3 is 1. The number of nitrogens with zero attached hydrogens (tertiary/aromatic N) is 1. The minimum absolute atomic E-state index is 0.0722. The van der Waals surface area contributed by atoms with E-state index in [2.05, 4.69) is 0 Å². The van der Waals surface area contributed by atoms with E-state index < -0.39 is 0 Å². The largest absolute Gasteiger partial charge is 0.497 e. The standard InChI is InChI=1S/C21H21NO4S2/c1-22-20(23)19(28-21(22)27)14-15-5-3-6-18(13-15)26-12-4-11-25-17-9-7-16(24-2)8-10-17/h3,5-10,13-14H,4,11-12H2,1-2H3. The highest BCUT2D eigenvalue weighted by atomic mass is 32.2. The molecule has 1 fully saturated rings. The van der Waals surface area contributed by atoms with Gasteiger partial charge in [-0.25, -0.2) is 0 Å². The Morgan fingerprint density at radius 2 is 1.71 bits per heavy atom. The van der Waals surface area contributed by atoms with Gasteiger partial charge >= 0.3 is 0 Å². The average Bonchev–Trinajstić information content (AvgIpc) is 2.95. The topological polar surface area (TPSA) is 48.0 Å². The quantitative estimate of drug-likeness (QED) is 0.362. The van der Waals surface area contributed by atoms with Crippen molar-refractivity contribution < 1.29 is 19.0 Å². The predicted molar refractivity (Wildman–Crippen MR) is 116 cm³/mol. The highest BCUT2D eigenvalue weighted by Crippen LogP contribution is 2.31. The molecule has 0 unspecified atom stereocenters. The lowest BCUT2D eigenvalue weighted by Crippen LogP contribution is -2.22. The summed E-state index contributed by atoms with van der Waals surface area (Å²) in [6.07, 6.45) is 2.59. The molecule has 5 nitrogen and oxygen atoms in total. The molecule has 2 aromatic carbocycles. The van der Waals surface area contributed by atoms with Gasteiger partial charge in [0.1, 0.15) is 21.6 Å². The van der Waals surface area contributed by atoms with Crippen molar-refractivity contribution in [2.75, 3.05) is 27.4 Å². The minimum atomic E-state index is -0.0722. The Kier molecular flexibility index (Phi) is 6.95. The zero-order chi connectivity index (χ0) is 19.9. The maximum atomic E-state index is 12.1. The van der Waals surface area contributed by atoms with E-state index >= 15 is 0 Å². The summed E-state index contributed by atoms with van der Waals surface area (Å²) in [7, 11) is 3.32. The molecule has 0 radical (unpaired) electrons. The Bertz CT molecular complexity index is 880. The number of likely N-dealkylation sites (N-methyl/N-ethyl adjacent to an activating group) is 1. The number of thiocarbonyl (C=S) groups is 1. The van der Waals surface area contributed by atoms with Crippen LogP contribution in [0.2, 0.25) is 0 Å². The molecule has 1 saturated heterocycles. The maximum Gasteiger partial charge on any atom is 0.265 e. The van der Waals surface area contributed by atoms with Crippen molar-refractivity contribution in [1.82, 2.24) is 4.90 Å². The lowest BCUT2D eigenvalue weighted by Gasteiger charge is -2.09. The van der Waals surface area contributed by atoms with Crippen molar-refractivity contribution in [3.05, 3.63) is 59.0 Å². The first-order valence-electron chi connectivity index (χ1n) is 8.78. The minimum Gasteiger partial charge on any atom is -0.497 e. The van der Waals surface area contributed by atoms with Gasteiger partial charge in [-0.05, 0) is 48.0 Å². The highest BCUT2D eigenvalue weighted by molar-refractivity contribution is 8.26. The molecule has 0 spiro atoms. The smallest absolute Gasteiger partial charge is 0.265 e. The number of benzene rings is 2. The van der Waals surface area contributed by atoms with Crippen LogP contribution in [0.15, 0.2) is 53.4 Å². The fourth-order valence-electron chi connectivity index (χ4n) is 2.50. The summed E-state index contributed by atoms with van der Waals surface area (Å²) in [6.45, 7) is 1.10. The fraction of sp³-hybridized carbons (Fsp3) is 0.238. The summed E-state index contributed by atoms with van der Waals surface area (Å²) in [5.41, 5.74) is 0.904. The van der Waals surface area contributed by atoms with Gasteiger partial charge in [-0.3, -0.25) is 9.69 Å². The molecule has 3 rings (SSSR count). The molecular weight excluding hydrogens is 394 g/mol. The Morgan fingerprint density at radius 1 is 1.04 bits per heavy atom. The third-order valence-electron chi connectivity index (χ3n) is 4.03. The molecule has 0 bridgehead atoms. The van der Waals surface area contributed by atoms with Crippen LogP contribution >= 0.6 is 24.0 Å². The van der Waals surface area contributed by atoms with E-state index in [0.717, 1.165) is 29.2 Å². The summed E-state index contributed by atoms with van der Waals surface area (Å²) in [4.78, 5) is 14.2. The molecule has 28 heavy (non-hydrogen) atoms. The molecular formula is C21H21NO4S2. The fourth-order valence-corrected chi connectivity index (χ4v) is 3.68. The van der Waals surface area contributed by atoms with Crippen molar-refractivity contribution in [3.8, 4) is 17.2 Å². The molecule has 0 N–H and O–H groups in total. The molecule has 1 aliphatic heterocycles. The molecule has 2 aromatic rings. The van der Waals surface area contributed by atoms with Crippen molar-refractivity contribution >= 4 is 40.3 Å². The molecule has 146 valence electrons. The zero-order valence-corrected chi connectivity index (χ0v) is 17.3. The van der Waals surface area contributed by atoms with Gasteiger partial charge in [0.15, 0.2) is 0 Å². The second-order valence-electron chi connectivity index (χ2n) is 6.04. The molecule has 0 atom stereocenters. The van der Waals surface area contributed by atoms with Gasteiger partial charge < -0.3 is 14.2 Å². The van der Waals surface area contributed by atoms with E-state index in [0.29, 0.717) is 22.4 Å². The average molecular weight is 416 g/mol. The Balaban J connectivity index is 1.47. The van der Waals surface area contributed by atoms with Crippen LogP contribution in [-0.2, 0) is 4.79 Å². The van der Waals surface area contributed by atoms with E-state index in [1.807, 2.05) is 54.6 Å². The monoisotopic (exact) mass is 415 g/mol. The molecule has 7 heteroatoms. The number of ether oxygens (including phenoxy) is 3. The molecule has 0 saturated carbocycles. The van der Waals surface area contributed by atoms with Crippen LogP contribution in [-0.4, -0.2) is 42.5 Å². The van der Waals surface area contributed by atoms with Crippen LogP contribution in [0.1, 0.15) is 12.0 Å². The molecule has 0 aromatic heterocycles. The summed E-state index contributed by atoms with van der Waals surface area (Å²) < 4.78 is 17.2. The Hall–Kier alpha value is -2.51. The predicted octanol–water partition coefficient (Wildman–Crippen LogP) is 4.37. The lowest BCUT2D eigenvalue weighted by molar-refractivity contribution is -0.121. The van der Waals surface area contributed by atoms with E-state index in [9.17, 15) is 4.79 Å². The van der Waals surface area contributed by atoms with Gasteiger partial charge in [0, 0.05) is 13.5 Å². The van der Waals surface area contributed by atoms with Crippen LogP contribution in [0.25, 0.3) is 6.08 Å². The molecule has 1 aliphatic rings. The first-order chi connectivity index (χ1) is 13.6. The SMILES string of the molecule is COc1ccc(OCCCOc2cccc(C=C3SC(=S)N(C)C3=O)c2)cc1. The van der Waals surface area contributed by atoms with Crippen LogP contribution in [0, 0.1) is 0 Å². The van der Waals surface area contributed by atoms with Crippen molar-refractivity contribution in [2.45, 2.75) is 6.42 Å². The zero-order valence-electron chi connectivity index (χ0n) is 15.7. The summed E-state index contributed by atoms with van der Waals surface area (Å²) in [5.74, 6) is 2.29. The van der Waals surface area contributed by atoms with Gasteiger partial charge in [0.05, 0.1) is 25.2 Å². The summed E-state index contributed by atoms with van der Waals surface area (Å²) >= 11 is 6.46. The third kappa shape index (κ3) is 5.27. The third-order valence-corrected chi connectivity index (χ3v) is 5.51. The van der Waals surface area contributed by atoms with E-state index in [1.54, 1.807) is 14.2 Å². The number of hydrogen-bond donors (Lipinski definition) is 0. The highest BCUT2D eigenvalue weighted by Gasteiger charge is 2.28. The van der Waals surface area contributed by atoms with Gasteiger partial charge in [-0.15, -0.1) is 0 Å². The molecule has 1 amide bonds. The summed E-state index contributed by atoms with van der Waals surface area (Å²) in [6, 6.07) is 15.1.